The highest BCUT2D eigenvalue weighted by Gasteiger charge is 2.17. The third-order valence-corrected chi connectivity index (χ3v) is 5.24. The largest absolute Gasteiger partial charge is 0.332 e. The Kier molecular flexibility index (Phi) is 6.61. The number of rotatable bonds is 5. The molecule has 0 amide bonds. The van der Waals surface area contributed by atoms with Crippen LogP contribution in [0.5, 0.6) is 0 Å². The molecule has 0 atom stereocenters. The molecule has 0 aliphatic carbocycles. The smallest absolute Gasteiger partial charge is 0.267 e. The lowest BCUT2D eigenvalue weighted by molar-refractivity contribution is 0.505. The molecule has 5 nitrogen and oxygen atoms in total. The van der Waals surface area contributed by atoms with Crippen molar-refractivity contribution in [2.75, 3.05) is 5.32 Å². The predicted molar refractivity (Wildman–Crippen MR) is 125 cm³/mol. The zero-order valence-corrected chi connectivity index (χ0v) is 18.6. The van der Waals surface area contributed by atoms with Gasteiger partial charge in [0.05, 0.1) is 16.6 Å². The molecule has 29 heavy (non-hydrogen) atoms. The molecule has 2 heterocycles. The average Bonchev–Trinajstić information content (AvgIpc) is 3.13. The summed E-state index contributed by atoms with van der Waals surface area (Å²) in [5.41, 5.74) is 3.48. The van der Waals surface area contributed by atoms with Gasteiger partial charge in [-0.25, -0.2) is 9.67 Å². The molecule has 0 aliphatic heterocycles. The van der Waals surface area contributed by atoms with Gasteiger partial charge in [0.25, 0.3) is 5.56 Å². The molecular weight excluding hydrogens is 448 g/mol. The molecule has 2 aromatic carbocycles. The van der Waals surface area contributed by atoms with E-state index in [1.807, 2.05) is 74.5 Å². The number of aromatic nitrogens is 3. The standard InChI is InChI=1S/C22H20N4OS.BrH/c1-15(2)26-19(27)14-13-18(25-26)21-20(16-9-5-3-6-10-16)24-22(28-21)23-17-11-7-4-8-12-17;/h3-15H,1-2H3,(H,23,24);1H. The van der Waals surface area contributed by atoms with Crippen molar-refractivity contribution in [2.24, 2.45) is 0 Å². The number of benzene rings is 2. The van der Waals surface area contributed by atoms with Crippen LogP contribution in [0.4, 0.5) is 10.8 Å². The number of thiazole rings is 1. The molecule has 0 radical (unpaired) electrons. The maximum absolute atomic E-state index is 12.1. The first-order valence-electron chi connectivity index (χ1n) is 9.10. The van der Waals surface area contributed by atoms with Crippen molar-refractivity contribution in [3.05, 3.63) is 83.2 Å². The fraction of sp³-hybridized carbons (Fsp3) is 0.136. The summed E-state index contributed by atoms with van der Waals surface area (Å²) in [7, 11) is 0. The van der Waals surface area contributed by atoms with Crippen LogP contribution in [0.2, 0.25) is 0 Å². The van der Waals surface area contributed by atoms with E-state index in [2.05, 4.69) is 10.4 Å². The van der Waals surface area contributed by atoms with Gasteiger partial charge in [0, 0.05) is 17.3 Å². The molecule has 0 aliphatic rings. The van der Waals surface area contributed by atoms with E-state index < -0.39 is 0 Å². The van der Waals surface area contributed by atoms with Crippen LogP contribution in [0.25, 0.3) is 21.8 Å². The van der Waals surface area contributed by atoms with Crippen LogP contribution >= 0.6 is 28.3 Å². The molecule has 1 N–H and O–H groups in total. The molecule has 0 saturated heterocycles. The molecule has 2 aromatic heterocycles. The summed E-state index contributed by atoms with van der Waals surface area (Å²) in [5, 5.41) is 8.74. The van der Waals surface area contributed by atoms with Gasteiger partial charge >= 0.3 is 0 Å². The summed E-state index contributed by atoms with van der Waals surface area (Å²) in [6, 6.07) is 23.3. The fourth-order valence-corrected chi connectivity index (χ4v) is 3.87. The Morgan fingerprint density at radius 3 is 2.24 bits per heavy atom. The van der Waals surface area contributed by atoms with E-state index in [0.29, 0.717) is 0 Å². The second kappa shape index (κ2) is 9.15. The van der Waals surface area contributed by atoms with Crippen LogP contribution in [0.3, 0.4) is 0 Å². The van der Waals surface area contributed by atoms with Crippen molar-refractivity contribution < 1.29 is 0 Å². The third kappa shape index (κ3) is 4.63. The Balaban J connectivity index is 0.00000240. The van der Waals surface area contributed by atoms with Crippen LogP contribution in [0.1, 0.15) is 19.9 Å². The first-order chi connectivity index (χ1) is 13.6. The van der Waals surface area contributed by atoms with Crippen LogP contribution in [-0.4, -0.2) is 14.8 Å². The molecular formula is C22H21BrN4OS. The molecule has 7 heteroatoms. The first-order valence-corrected chi connectivity index (χ1v) is 9.92. The Hall–Kier alpha value is -2.77. The van der Waals surface area contributed by atoms with E-state index in [9.17, 15) is 4.79 Å². The van der Waals surface area contributed by atoms with Gasteiger partial charge in [-0.15, -0.1) is 17.0 Å². The zero-order valence-electron chi connectivity index (χ0n) is 16.1. The van der Waals surface area contributed by atoms with Crippen LogP contribution in [0, 0.1) is 0 Å². The van der Waals surface area contributed by atoms with Crippen molar-refractivity contribution in [3.63, 3.8) is 0 Å². The summed E-state index contributed by atoms with van der Waals surface area (Å²) in [4.78, 5) is 17.9. The highest BCUT2D eigenvalue weighted by Crippen LogP contribution is 2.38. The van der Waals surface area contributed by atoms with E-state index in [1.165, 1.54) is 16.0 Å². The van der Waals surface area contributed by atoms with Gasteiger partial charge in [-0.1, -0.05) is 59.9 Å². The van der Waals surface area contributed by atoms with Crippen molar-refractivity contribution in [1.82, 2.24) is 14.8 Å². The lowest BCUT2D eigenvalue weighted by Crippen LogP contribution is -2.23. The Labute approximate surface area is 183 Å². The van der Waals surface area contributed by atoms with Crippen molar-refractivity contribution in [3.8, 4) is 21.8 Å². The van der Waals surface area contributed by atoms with Crippen LogP contribution in [-0.2, 0) is 0 Å². The SMILES string of the molecule is Br.CC(C)n1nc(-c2sc(Nc3ccccc3)nc2-c2ccccc2)ccc1=O. The highest BCUT2D eigenvalue weighted by molar-refractivity contribution is 8.93. The molecule has 4 aromatic rings. The molecule has 0 bridgehead atoms. The third-order valence-electron chi connectivity index (χ3n) is 4.25. The van der Waals surface area contributed by atoms with E-state index in [4.69, 9.17) is 4.98 Å². The molecule has 4 rings (SSSR count). The van der Waals surface area contributed by atoms with Gasteiger partial charge < -0.3 is 5.32 Å². The van der Waals surface area contributed by atoms with E-state index >= 15 is 0 Å². The first kappa shape index (κ1) is 21.0. The zero-order chi connectivity index (χ0) is 19.5. The number of nitrogens with one attached hydrogen (secondary N) is 1. The van der Waals surface area contributed by atoms with Crippen molar-refractivity contribution >= 4 is 39.1 Å². The number of hydrogen-bond acceptors (Lipinski definition) is 5. The number of halogens is 1. The number of anilines is 2. The summed E-state index contributed by atoms with van der Waals surface area (Å²) < 4.78 is 1.51. The second-order valence-electron chi connectivity index (χ2n) is 6.65. The number of nitrogens with zero attached hydrogens (tertiary/aromatic N) is 3. The highest BCUT2D eigenvalue weighted by atomic mass is 79.9. The molecule has 0 spiro atoms. The lowest BCUT2D eigenvalue weighted by Gasteiger charge is -2.09. The maximum Gasteiger partial charge on any atom is 0.267 e. The van der Waals surface area contributed by atoms with Crippen molar-refractivity contribution in [2.45, 2.75) is 19.9 Å². The maximum atomic E-state index is 12.1. The van der Waals surface area contributed by atoms with Gasteiger partial charge in [0.2, 0.25) is 0 Å². The van der Waals surface area contributed by atoms with Crippen molar-refractivity contribution in [1.29, 1.82) is 0 Å². The van der Waals surface area contributed by atoms with Gasteiger partial charge in [-0.3, -0.25) is 4.79 Å². The lowest BCUT2D eigenvalue weighted by atomic mass is 10.1. The molecule has 0 unspecified atom stereocenters. The van der Waals surface area contributed by atoms with E-state index in [1.54, 1.807) is 12.1 Å². The minimum absolute atomic E-state index is 0. The Bertz CT molecular complexity index is 1140. The minimum Gasteiger partial charge on any atom is -0.332 e. The number of hydrogen-bond donors (Lipinski definition) is 1. The van der Waals surface area contributed by atoms with Gasteiger partial charge in [-0.2, -0.15) is 5.10 Å². The van der Waals surface area contributed by atoms with Gasteiger partial charge in [0.15, 0.2) is 5.13 Å². The van der Waals surface area contributed by atoms with Crippen LogP contribution in [0.15, 0.2) is 77.6 Å². The second-order valence-corrected chi connectivity index (χ2v) is 7.65. The summed E-state index contributed by atoms with van der Waals surface area (Å²) in [6.07, 6.45) is 0. The summed E-state index contributed by atoms with van der Waals surface area (Å²) in [5.74, 6) is 0. The van der Waals surface area contributed by atoms with E-state index in [0.717, 1.165) is 32.6 Å². The Morgan fingerprint density at radius 1 is 0.931 bits per heavy atom. The number of para-hydroxylation sites is 1. The molecule has 0 saturated carbocycles. The monoisotopic (exact) mass is 468 g/mol. The summed E-state index contributed by atoms with van der Waals surface area (Å²) in [6.45, 7) is 3.90. The quantitative estimate of drug-likeness (QED) is 0.393. The van der Waals surface area contributed by atoms with Gasteiger partial charge in [0.1, 0.15) is 5.69 Å². The topological polar surface area (TPSA) is 59.8 Å². The predicted octanol–water partition coefficient (Wildman–Crippen LogP) is 5.94. The molecule has 0 fully saturated rings. The fourth-order valence-electron chi connectivity index (χ4n) is 2.90. The van der Waals surface area contributed by atoms with E-state index in [-0.39, 0.29) is 28.6 Å². The minimum atomic E-state index is -0.104. The van der Waals surface area contributed by atoms with Gasteiger partial charge in [-0.05, 0) is 32.0 Å². The van der Waals surface area contributed by atoms with Crippen LogP contribution < -0.4 is 10.9 Å². The average molecular weight is 469 g/mol. The summed E-state index contributed by atoms with van der Waals surface area (Å²) >= 11 is 1.53. The molecule has 148 valence electrons. The Morgan fingerprint density at radius 2 is 1.59 bits per heavy atom. The normalized spacial score (nSPS) is 10.6.